The van der Waals surface area contributed by atoms with Crippen molar-refractivity contribution in [1.29, 1.82) is 0 Å². The molecule has 3 rings (SSSR count). The van der Waals surface area contributed by atoms with Crippen molar-refractivity contribution in [2.24, 2.45) is 5.92 Å². The van der Waals surface area contributed by atoms with E-state index in [0.29, 0.717) is 39.4 Å². The summed E-state index contributed by atoms with van der Waals surface area (Å²) in [5, 5.41) is 0. The highest BCUT2D eigenvalue weighted by Gasteiger charge is 2.38. The number of carbonyl (C=O) groups excluding carboxylic acids is 2. The lowest BCUT2D eigenvalue weighted by Crippen LogP contribution is -2.60. The summed E-state index contributed by atoms with van der Waals surface area (Å²) in [6.45, 7) is 2.92. The predicted octanol–water partition coefficient (Wildman–Crippen LogP) is 0.561. The number of piperazine rings is 1. The van der Waals surface area contributed by atoms with E-state index in [-0.39, 0.29) is 24.3 Å². The number of rotatable bonds is 4. The molecule has 0 radical (unpaired) electrons. The van der Waals surface area contributed by atoms with E-state index in [4.69, 9.17) is 9.47 Å². The predicted molar refractivity (Wildman–Crippen MR) is 88.4 cm³/mol. The maximum Gasteiger partial charge on any atom is 0.245 e. The molecule has 1 aromatic rings. The standard InChI is InChI=1S/C18H24N2O4/c1-19-11-17(21)20(10-15-12-23-7-8-24-13-15)16(18(19)22)9-14-5-3-2-4-6-14/h2-6,15-16H,7-13H2,1H3/t16-/m1/s1. The SMILES string of the molecule is CN1CC(=O)N(CC2COCCOC2)[C@H](Cc2ccccc2)C1=O. The molecule has 2 aliphatic heterocycles. The molecule has 0 aliphatic carbocycles. The Morgan fingerprint density at radius 1 is 1.08 bits per heavy atom. The number of ether oxygens (including phenoxy) is 2. The molecule has 1 aromatic carbocycles. The van der Waals surface area contributed by atoms with Gasteiger partial charge in [0, 0.05) is 25.9 Å². The molecule has 6 nitrogen and oxygen atoms in total. The molecule has 1 atom stereocenters. The quantitative estimate of drug-likeness (QED) is 0.808. The van der Waals surface area contributed by atoms with Gasteiger partial charge >= 0.3 is 0 Å². The molecular weight excluding hydrogens is 308 g/mol. The van der Waals surface area contributed by atoms with Crippen LogP contribution in [0, 0.1) is 5.92 Å². The molecule has 24 heavy (non-hydrogen) atoms. The molecule has 0 aromatic heterocycles. The van der Waals surface area contributed by atoms with Crippen LogP contribution in [0.4, 0.5) is 0 Å². The highest BCUT2D eigenvalue weighted by molar-refractivity contribution is 5.94. The third-order valence-corrected chi connectivity index (χ3v) is 4.54. The van der Waals surface area contributed by atoms with Crippen LogP contribution in [0.1, 0.15) is 5.56 Å². The summed E-state index contributed by atoms with van der Waals surface area (Å²) in [7, 11) is 1.69. The largest absolute Gasteiger partial charge is 0.379 e. The van der Waals surface area contributed by atoms with Crippen molar-refractivity contribution < 1.29 is 19.1 Å². The van der Waals surface area contributed by atoms with E-state index < -0.39 is 6.04 Å². The zero-order valence-corrected chi connectivity index (χ0v) is 14.0. The lowest BCUT2D eigenvalue weighted by atomic mass is 9.99. The fourth-order valence-corrected chi connectivity index (χ4v) is 3.25. The van der Waals surface area contributed by atoms with E-state index in [1.165, 1.54) is 4.90 Å². The van der Waals surface area contributed by atoms with Crippen LogP contribution in [0.3, 0.4) is 0 Å². The van der Waals surface area contributed by atoms with Gasteiger partial charge in [-0.2, -0.15) is 0 Å². The summed E-state index contributed by atoms with van der Waals surface area (Å²) < 4.78 is 11.1. The van der Waals surface area contributed by atoms with E-state index in [1.807, 2.05) is 30.3 Å². The fraction of sp³-hybridized carbons (Fsp3) is 0.556. The highest BCUT2D eigenvalue weighted by atomic mass is 16.5. The molecule has 0 bridgehead atoms. The summed E-state index contributed by atoms with van der Waals surface area (Å²) in [6, 6.07) is 9.37. The van der Waals surface area contributed by atoms with Gasteiger partial charge in [-0.3, -0.25) is 9.59 Å². The van der Waals surface area contributed by atoms with E-state index in [1.54, 1.807) is 11.9 Å². The van der Waals surface area contributed by atoms with Gasteiger partial charge in [0.15, 0.2) is 0 Å². The second-order valence-electron chi connectivity index (χ2n) is 6.46. The van der Waals surface area contributed by atoms with Crippen molar-refractivity contribution >= 4 is 11.8 Å². The molecule has 2 amide bonds. The van der Waals surface area contributed by atoms with Gasteiger partial charge in [-0.25, -0.2) is 0 Å². The Labute approximate surface area is 142 Å². The number of nitrogens with zero attached hydrogens (tertiary/aromatic N) is 2. The normalized spacial score (nSPS) is 23.5. The first-order valence-corrected chi connectivity index (χ1v) is 8.39. The fourth-order valence-electron chi connectivity index (χ4n) is 3.25. The van der Waals surface area contributed by atoms with E-state index >= 15 is 0 Å². The smallest absolute Gasteiger partial charge is 0.245 e. The first-order valence-electron chi connectivity index (χ1n) is 8.39. The number of carbonyl (C=O) groups is 2. The van der Waals surface area contributed by atoms with Crippen LogP contribution in [0.25, 0.3) is 0 Å². The van der Waals surface area contributed by atoms with Crippen LogP contribution in [-0.2, 0) is 25.5 Å². The van der Waals surface area contributed by atoms with Gasteiger partial charge in [-0.1, -0.05) is 30.3 Å². The van der Waals surface area contributed by atoms with Crippen LogP contribution < -0.4 is 0 Å². The van der Waals surface area contributed by atoms with Crippen LogP contribution in [0.5, 0.6) is 0 Å². The lowest BCUT2D eigenvalue weighted by Gasteiger charge is -2.40. The van der Waals surface area contributed by atoms with Crippen LogP contribution in [0.2, 0.25) is 0 Å². The van der Waals surface area contributed by atoms with E-state index in [0.717, 1.165) is 5.56 Å². The summed E-state index contributed by atoms with van der Waals surface area (Å²) >= 11 is 0. The van der Waals surface area contributed by atoms with Gasteiger partial charge in [0.2, 0.25) is 11.8 Å². The second-order valence-corrected chi connectivity index (χ2v) is 6.46. The third-order valence-electron chi connectivity index (χ3n) is 4.54. The van der Waals surface area contributed by atoms with Gasteiger partial charge < -0.3 is 19.3 Å². The van der Waals surface area contributed by atoms with Crippen LogP contribution in [0.15, 0.2) is 30.3 Å². The number of likely N-dealkylation sites (N-methyl/N-ethyl adjacent to an activating group) is 1. The average molecular weight is 332 g/mol. The highest BCUT2D eigenvalue weighted by Crippen LogP contribution is 2.19. The minimum absolute atomic E-state index is 0.00564. The van der Waals surface area contributed by atoms with Gasteiger partial charge in [-0.05, 0) is 5.56 Å². The van der Waals surface area contributed by atoms with Gasteiger partial charge in [0.05, 0.1) is 33.0 Å². The maximum atomic E-state index is 12.7. The molecule has 0 spiro atoms. The van der Waals surface area contributed by atoms with E-state index in [2.05, 4.69) is 0 Å². The Hall–Kier alpha value is -1.92. The summed E-state index contributed by atoms with van der Waals surface area (Å²) in [5.41, 5.74) is 1.05. The number of benzene rings is 1. The van der Waals surface area contributed by atoms with Crippen LogP contribution in [-0.4, -0.2) is 74.2 Å². The van der Waals surface area contributed by atoms with Gasteiger partial charge in [-0.15, -0.1) is 0 Å². The van der Waals surface area contributed by atoms with Crippen molar-refractivity contribution in [2.45, 2.75) is 12.5 Å². The molecule has 2 fully saturated rings. The van der Waals surface area contributed by atoms with Crippen molar-refractivity contribution in [3.8, 4) is 0 Å². The second kappa shape index (κ2) is 7.77. The van der Waals surface area contributed by atoms with Crippen molar-refractivity contribution in [3.63, 3.8) is 0 Å². The summed E-state index contributed by atoms with van der Waals surface area (Å²) in [4.78, 5) is 28.5. The van der Waals surface area contributed by atoms with Crippen LogP contribution >= 0.6 is 0 Å². The Kier molecular flexibility index (Phi) is 5.48. The number of hydrogen-bond acceptors (Lipinski definition) is 4. The van der Waals surface area contributed by atoms with Crippen molar-refractivity contribution in [2.75, 3.05) is 46.6 Å². The Morgan fingerprint density at radius 2 is 1.75 bits per heavy atom. The first kappa shape index (κ1) is 16.9. The number of amides is 2. The van der Waals surface area contributed by atoms with Crippen molar-refractivity contribution in [3.05, 3.63) is 35.9 Å². The Bertz CT molecular complexity index is 570. The molecule has 0 unspecified atom stereocenters. The topological polar surface area (TPSA) is 59.1 Å². The Balaban J connectivity index is 1.76. The molecule has 2 aliphatic rings. The zero-order chi connectivity index (χ0) is 16.9. The minimum Gasteiger partial charge on any atom is -0.379 e. The lowest BCUT2D eigenvalue weighted by molar-refractivity contribution is -0.155. The summed E-state index contributed by atoms with van der Waals surface area (Å²) in [5.74, 6) is 0.0853. The molecule has 0 N–H and O–H groups in total. The third kappa shape index (κ3) is 3.94. The van der Waals surface area contributed by atoms with E-state index in [9.17, 15) is 9.59 Å². The molecule has 6 heteroatoms. The molecule has 2 heterocycles. The monoisotopic (exact) mass is 332 g/mol. The molecular formula is C18H24N2O4. The molecule has 0 saturated carbocycles. The Morgan fingerprint density at radius 3 is 2.42 bits per heavy atom. The van der Waals surface area contributed by atoms with Gasteiger partial charge in [0.25, 0.3) is 0 Å². The molecule has 130 valence electrons. The minimum atomic E-state index is -0.457. The maximum absolute atomic E-state index is 12.7. The van der Waals surface area contributed by atoms with Crippen molar-refractivity contribution in [1.82, 2.24) is 9.80 Å². The number of hydrogen-bond donors (Lipinski definition) is 0. The first-order chi connectivity index (χ1) is 11.6. The van der Waals surface area contributed by atoms with Gasteiger partial charge in [0.1, 0.15) is 6.04 Å². The molecule has 2 saturated heterocycles. The zero-order valence-electron chi connectivity index (χ0n) is 14.0. The summed E-state index contributed by atoms with van der Waals surface area (Å²) in [6.07, 6.45) is 0.532. The average Bonchev–Trinajstić information content (AvgIpc) is 2.85.